The van der Waals surface area contributed by atoms with Crippen LogP contribution in [-0.2, 0) is 0 Å². The molecule has 1 heterocycles. The van der Waals surface area contributed by atoms with Crippen LogP contribution in [0.15, 0.2) is 15.9 Å². The summed E-state index contributed by atoms with van der Waals surface area (Å²) >= 11 is 4.94. The van der Waals surface area contributed by atoms with Crippen LogP contribution >= 0.6 is 27.3 Å². The Balaban J connectivity index is 2.71. The number of hydrogen-bond acceptors (Lipinski definition) is 2. The van der Waals surface area contributed by atoms with Crippen LogP contribution in [0, 0.1) is 5.92 Å². The molecule has 0 saturated heterocycles. The molecule has 0 N–H and O–H groups in total. The van der Waals surface area contributed by atoms with Crippen molar-refractivity contribution in [2.75, 3.05) is 0 Å². The highest BCUT2D eigenvalue weighted by Gasteiger charge is 2.19. The fraction of sp³-hybridized carbons (Fsp3) is 0.583. The van der Waals surface area contributed by atoms with Gasteiger partial charge in [0.1, 0.15) is 0 Å². The molecule has 0 atom stereocenters. The lowest BCUT2D eigenvalue weighted by Gasteiger charge is -2.12. The van der Waals surface area contributed by atoms with E-state index in [1.54, 1.807) is 11.3 Å². The van der Waals surface area contributed by atoms with E-state index in [-0.39, 0.29) is 5.92 Å². The maximum absolute atomic E-state index is 12.1. The van der Waals surface area contributed by atoms with Gasteiger partial charge in [0, 0.05) is 5.92 Å². The number of carbonyl (C=O) groups is 1. The van der Waals surface area contributed by atoms with Crippen LogP contribution < -0.4 is 0 Å². The Kier molecular flexibility index (Phi) is 5.54. The molecule has 0 saturated carbocycles. The highest BCUT2D eigenvalue weighted by Crippen LogP contribution is 2.27. The summed E-state index contributed by atoms with van der Waals surface area (Å²) in [6.07, 6.45) is 4.20. The average molecular weight is 289 g/mol. The van der Waals surface area contributed by atoms with Crippen molar-refractivity contribution >= 4 is 33.0 Å². The molecule has 0 amide bonds. The van der Waals surface area contributed by atoms with E-state index in [0.717, 1.165) is 34.3 Å². The molecule has 1 rings (SSSR count). The van der Waals surface area contributed by atoms with Gasteiger partial charge in [-0.25, -0.2) is 0 Å². The third-order valence-electron chi connectivity index (χ3n) is 2.46. The molecule has 0 aromatic carbocycles. The standard InChI is InChI=1S/C12H17BrOS/c1-3-5-9(6-4-2)12(14)10-7-8-11(13)15-10/h7-9H,3-6H2,1-2H3. The molecule has 0 fully saturated rings. The summed E-state index contributed by atoms with van der Waals surface area (Å²) in [5, 5.41) is 0. The fourth-order valence-electron chi connectivity index (χ4n) is 1.75. The van der Waals surface area contributed by atoms with Crippen LogP contribution in [0.4, 0.5) is 0 Å². The number of thiophene rings is 1. The van der Waals surface area contributed by atoms with E-state index in [1.807, 2.05) is 12.1 Å². The third-order valence-corrected chi connectivity index (χ3v) is 4.10. The van der Waals surface area contributed by atoms with Crippen molar-refractivity contribution in [3.05, 3.63) is 20.8 Å². The van der Waals surface area contributed by atoms with Gasteiger partial charge in [-0.2, -0.15) is 0 Å². The van der Waals surface area contributed by atoms with E-state index in [1.165, 1.54) is 0 Å². The summed E-state index contributed by atoms with van der Waals surface area (Å²) in [7, 11) is 0. The van der Waals surface area contributed by atoms with Crippen molar-refractivity contribution in [3.8, 4) is 0 Å². The van der Waals surface area contributed by atoms with Crippen LogP contribution in [0.1, 0.15) is 49.2 Å². The summed E-state index contributed by atoms with van der Waals surface area (Å²) in [5.74, 6) is 0.556. The van der Waals surface area contributed by atoms with Crippen LogP contribution in [-0.4, -0.2) is 5.78 Å². The van der Waals surface area contributed by atoms with Gasteiger partial charge in [-0.15, -0.1) is 11.3 Å². The van der Waals surface area contributed by atoms with Crippen LogP contribution in [0.2, 0.25) is 0 Å². The summed E-state index contributed by atoms with van der Waals surface area (Å²) in [6, 6.07) is 3.88. The van der Waals surface area contributed by atoms with Gasteiger partial charge in [-0.3, -0.25) is 4.79 Å². The first-order chi connectivity index (χ1) is 7.19. The smallest absolute Gasteiger partial charge is 0.175 e. The van der Waals surface area contributed by atoms with Crippen LogP contribution in [0.3, 0.4) is 0 Å². The molecule has 84 valence electrons. The first-order valence-electron chi connectivity index (χ1n) is 5.48. The summed E-state index contributed by atoms with van der Waals surface area (Å²) < 4.78 is 1.04. The molecular formula is C12H17BrOS. The molecular weight excluding hydrogens is 272 g/mol. The van der Waals surface area contributed by atoms with E-state index >= 15 is 0 Å². The Morgan fingerprint density at radius 3 is 2.33 bits per heavy atom. The van der Waals surface area contributed by atoms with Gasteiger partial charge in [-0.05, 0) is 40.9 Å². The molecule has 3 heteroatoms. The Morgan fingerprint density at radius 1 is 1.33 bits per heavy atom. The maximum Gasteiger partial charge on any atom is 0.175 e. The van der Waals surface area contributed by atoms with E-state index in [4.69, 9.17) is 0 Å². The topological polar surface area (TPSA) is 17.1 Å². The highest BCUT2D eigenvalue weighted by molar-refractivity contribution is 9.11. The van der Waals surface area contributed by atoms with Gasteiger partial charge in [0.15, 0.2) is 5.78 Å². The number of Topliss-reactive ketones (excluding diaryl/α,β-unsaturated/α-hetero) is 1. The van der Waals surface area contributed by atoms with Crippen LogP contribution in [0.25, 0.3) is 0 Å². The zero-order valence-electron chi connectivity index (χ0n) is 9.25. The summed E-state index contributed by atoms with van der Waals surface area (Å²) in [4.78, 5) is 13.0. The molecule has 0 aliphatic rings. The second-order valence-corrected chi connectivity index (χ2v) is 6.21. The van der Waals surface area contributed by atoms with Crippen molar-refractivity contribution < 1.29 is 4.79 Å². The first-order valence-corrected chi connectivity index (χ1v) is 7.09. The third kappa shape index (κ3) is 3.72. The Hall–Kier alpha value is -0.150. The van der Waals surface area contributed by atoms with Crippen molar-refractivity contribution in [1.29, 1.82) is 0 Å². The lowest BCUT2D eigenvalue weighted by atomic mass is 9.93. The maximum atomic E-state index is 12.1. The van der Waals surface area contributed by atoms with Crippen molar-refractivity contribution in [1.82, 2.24) is 0 Å². The minimum Gasteiger partial charge on any atom is -0.293 e. The van der Waals surface area contributed by atoms with Crippen LogP contribution in [0.5, 0.6) is 0 Å². The molecule has 0 aliphatic heterocycles. The Bertz CT molecular complexity index is 313. The number of ketones is 1. The van der Waals surface area contributed by atoms with Gasteiger partial charge in [0.25, 0.3) is 0 Å². The largest absolute Gasteiger partial charge is 0.293 e. The summed E-state index contributed by atoms with van der Waals surface area (Å²) in [6.45, 7) is 4.28. The van der Waals surface area contributed by atoms with E-state index in [2.05, 4.69) is 29.8 Å². The predicted octanol–water partition coefficient (Wildman–Crippen LogP) is 4.91. The normalized spacial score (nSPS) is 10.9. The second kappa shape index (κ2) is 6.44. The minimum atomic E-state index is 0.227. The van der Waals surface area contributed by atoms with Gasteiger partial charge >= 0.3 is 0 Å². The molecule has 0 spiro atoms. The molecule has 0 aliphatic carbocycles. The highest BCUT2D eigenvalue weighted by atomic mass is 79.9. The zero-order chi connectivity index (χ0) is 11.3. The SMILES string of the molecule is CCCC(CCC)C(=O)c1ccc(Br)s1. The molecule has 1 aromatic heterocycles. The number of rotatable bonds is 6. The van der Waals surface area contributed by atoms with Gasteiger partial charge in [0.05, 0.1) is 8.66 Å². The van der Waals surface area contributed by atoms with Crippen molar-refractivity contribution in [3.63, 3.8) is 0 Å². The minimum absolute atomic E-state index is 0.227. The number of hydrogen-bond donors (Lipinski definition) is 0. The molecule has 0 radical (unpaired) electrons. The van der Waals surface area contributed by atoms with E-state index < -0.39 is 0 Å². The van der Waals surface area contributed by atoms with Gasteiger partial charge in [0.2, 0.25) is 0 Å². The van der Waals surface area contributed by atoms with Crippen molar-refractivity contribution in [2.24, 2.45) is 5.92 Å². The molecule has 0 bridgehead atoms. The second-order valence-electron chi connectivity index (χ2n) is 3.74. The van der Waals surface area contributed by atoms with Gasteiger partial charge < -0.3 is 0 Å². The molecule has 1 nitrogen and oxygen atoms in total. The number of halogens is 1. The zero-order valence-corrected chi connectivity index (χ0v) is 11.7. The Labute approximate surface area is 104 Å². The lowest BCUT2D eigenvalue weighted by molar-refractivity contribution is 0.0909. The monoisotopic (exact) mass is 288 g/mol. The fourth-order valence-corrected chi connectivity index (χ4v) is 3.16. The molecule has 1 aromatic rings. The van der Waals surface area contributed by atoms with E-state index in [0.29, 0.717) is 5.78 Å². The van der Waals surface area contributed by atoms with Crippen molar-refractivity contribution in [2.45, 2.75) is 39.5 Å². The summed E-state index contributed by atoms with van der Waals surface area (Å²) in [5.41, 5.74) is 0. The quantitative estimate of drug-likeness (QED) is 0.680. The predicted molar refractivity (Wildman–Crippen MR) is 69.7 cm³/mol. The first kappa shape index (κ1) is 12.9. The number of carbonyl (C=O) groups excluding carboxylic acids is 1. The average Bonchev–Trinajstić information content (AvgIpc) is 2.63. The molecule has 15 heavy (non-hydrogen) atoms. The lowest BCUT2D eigenvalue weighted by Crippen LogP contribution is -2.13. The van der Waals surface area contributed by atoms with Gasteiger partial charge in [-0.1, -0.05) is 26.7 Å². The van der Waals surface area contributed by atoms with E-state index in [9.17, 15) is 4.79 Å². The molecule has 0 unspecified atom stereocenters. The Morgan fingerprint density at radius 2 is 1.93 bits per heavy atom.